The summed E-state index contributed by atoms with van der Waals surface area (Å²) in [7, 11) is 2.90. The van der Waals surface area contributed by atoms with Gasteiger partial charge < -0.3 is 0 Å². The van der Waals surface area contributed by atoms with Gasteiger partial charge in [-0.1, -0.05) is 27.7 Å². The van der Waals surface area contributed by atoms with Gasteiger partial charge in [0.1, 0.15) is 0 Å². The molecule has 56 valence electrons. The van der Waals surface area contributed by atoms with Crippen molar-refractivity contribution in [3.63, 3.8) is 0 Å². The summed E-state index contributed by atoms with van der Waals surface area (Å²) in [4.78, 5) is 0. The molecule has 0 nitrogen and oxygen atoms in total. The second kappa shape index (κ2) is 3.56. The van der Waals surface area contributed by atoms with Crippen LogP contribution in [0.25, 0.3) is 0 Å². The average molecular weight is 146 g/mol. The minimum Gasteiger partial charge on any atom is -0.134 e. The molecule has 1 heteroatoms. The van der Waals surface area contributed by atoms with Gasteiger partial charge in [-0.2, -0.15) is 0 Å². The molecule has 9 heavy (non-hydrogen) atoms. The van der Waals surface area contributed by atoms with Crippen LogP contribution in [-0.2, 0) is 0 Å². The predicted octanol–water partition coefficient (Wildman–Crippen LogP) is 3.08. The molecule has 0 aliphatic heterocycles. The highest BCUT2D eigenvalue weighted by Gasteiger charge is 2.13. The van der Waals surface area contributed by atoms with E-state index in [-0.39, 0.29) is 0 Å². The van der Waals surface area contributed by atoms with E-state index in [1.807, 2.05) is 0 Å². The van der Waals surface area contributed by atoms with Crippen LogP contribution in [-0.4, -0.2) is 5.66 Å². The molecule has 0 saturated carbocycles. The fourth-order valence-electron chi connectivity index (χ4n) is 0.931. The molecule has 0 heterocycles. The molecule has 0 aliphatic carbocycles. The van der Waals surface area contributed by atoms with Crippen LogP contribution in [0.1, 0.15) is 40.5 Å². The van der Waals surface area contributed by atoms with E-state index in [1.165, 1.54) is 12.8 Å². The molecular formula is C8H19P. The van der Waals surface area contributed by atoms with Crippen molar-refractivity contribution in [1.82, 2.24) is 0 Å². The van der Waals surface area contributed by atoms with Crippen LogP contribution in [0, 0.1) is 5.41 Å². The fraction of sp³-hybridized carbons (Fsp3) is 1.00. The molecule has 0 aromatic rings. The van der Waals surface area contributed by atoms with Crippen molar-refractivity contribution in [2.75, 3.05) is 0 Å². The lowest BCUT2D eigenvalue weighted by molar-refractivity contribution is 0.369. The minimum atomic E-state index is 0.502. The number of hydrogen-bond acceptors (Lipinski definition) is 0. The number of rotatable bonds is 2. The van der Waals surface area contributed by atoms with Crippen LogP contribution in [0.15, 0.2) is 0 Å². The van der Waals surface area contributed by atoms with E-state index in [2.05, 4.69) is 36.9 Å². The summed E-state index contributed by atoms with van der Waals surface area (Å²) in [5.41, 5.74) is 1.31. The van der Waals surface area contributed by atoms with E-state index in [9.17, 15) is 0 Å². The van der Waals surface area contributed by atoms with Crippen molar-refractivity contribution in [2.24, 2.45) is 5.41 Å². The second-order valence-corrected chi connectivity index (χ2v) is 4.88. The van der Waals surface area contributed by atoms with Crippen LogP contribution in [0.4, 0.5) is 0 Å². The Hall–Kier alpha value is 0.430. The van der Waals surface area contributed by atoms with Gasteiger partial charge >= 0.3 is 0 Å². The SMILES string of the molecule is CCC(P)CC(C)(C)C. The third-order valence-corrected chi connectivity index (χ3v) is 2.11. The maximum atomic E-state index is 2.90. The zero-order valence-electron chi connectivity index (χ0n) is 7.07. The first-order valence-electron chi connectivity index (χ1n) is 3.71. The highest BCUT2D eigenvalue weighted by Crippen LogP contribution is 2.25. The first-order valence-corrected chi connectivity index (χ1v) is 4.38. The summed E-state index contributed by atoms with van der Waals surface area (Å²) in [6.07, 6.45) is 2.59. The van der Waals surface area contributed by atoms with Crippen molar-refractivity contribution >= 4 is 9.24 Å². The Labute approximate surface area is 61.6 Å². The normalized spacial score (nSPS) is 15.7. The third-order valence-electron chi connectivity index (χ3n) is 1.40. The molecule has 0 aliphatic rings. The zero-order chi connectivity index (χ0) is 7.49. The van der Waals surface area contributed by atoms with Crippen molar-refractivity contribution < 1.29 is 0 Å². The summed E-state index contributed by atoms with van der Waals surface area (Å²) in [6.45, 7) is 9.11. The van der Waals surface area contributed by atoms with Crippen molar-refractivity contribution in [2.45, 2.75) is 46.2 Å². The van der Waals surface area contributed by atoms with Gasteiger partial charge in [-0.3, -0.25) is 0 Å². The van der Waals surface area contributed by atoms with Crippen LogP contribution in [0.3, 0.4) is 0 Å². The molecule has 0 radical (unpaired) electrons. The van der Waals surface area contributed by atoms with E-state index in [0.717, 1.165) is 5.66 Å². The molecule has 0 aromatic heterocycles. The summed E-state index contributed by atoms with van der Waals surface area (Å²) >= 11 is 0. The molecule has 2 atom stereocenters. The molecular weight excluding hydrogens is 127 g/mol. The maximum absolute atomic E-state index is 2.90. The largest absolute Gasteiger partial charge is 0.134 e. The van der Waals surface area contributed by atoms with E-state index >= 15 is 0 Å². The van der Waals surface area contributed by atoms with Gasteiger partial charge in [0.15, 0.2) is 0 Å². The van der Waals surface area contributed by atoms with E-state index in [1.54, 1.807) is 0 Å². The Morgan fingerprint density at radius 3 is 1.89 bits per heavy atom. The Balaban J connectivity index is 3.47. The van der Waals surface area contributed by atoms with Crippen LogP contribution < -0.4 is 0 Å². The lowest BCUT2D eigenvalue weighted by Crippen LogP contribution is -2.11. The summed E-state index contributed by atoms with van der Waals surface area (Å²) in [6, 6.07) is 0. The lowest BCUT2D eigenvalue weighted by atomic mass is 9.90. The Morgan fingerprint density at radius 2 is 1.78 bits per heavy atom. The Morgan fingerprint density at radius 1 is 1.33 bits per heavy atom. The lowest BCUT2D eigenvalue weighted by Gasteiger charge is -2.21. The first kappa shape index (κ1) is 9.43. The summed E-state index contributed by atoms with van der Waals surface area (Å²) in [5.74, 6) is 0. The van der Waals surface area contributed by atoms with Gasteiger partial charge in [0.25, 0.3) is 0 Å². The summed E-state index contributed by atoms with van der Waals surface area (Å²) < 4.78 is 0. The maximum Gasteiger partial charge on any atom is -0.0262 e. The minimum absolute atomic E-state index is 0.502. The molecule has 0 rings (SSSR count). The van der Waals surface area contributed by atoms with Gasteiger partial charge in [-0.05, 0) is 23.9 Å². The molecule has 0 N–H and O–H groups in total. The average Bonchev–Trinajstić information content (AvgIpc) is 1.62. The van der Waals surface area contributed by atoms with Gasteiger partial charge in [0.2, 0.25) is 0 Å². The van der Waals surface area contributed by atoms with Crippen molar-refractivity contribution in [3.05, 3.63) is 0 Å². The van der Waals surface area contributed by atoms with E-state index in [4.69, 9.17) is 0 Å². The van der Waals surface area contributed by atoms with Gasteiger partial charge in [-0.25, -0.2) is 0 Å². The van der Waals surface area contributed by atoms with Gasteiger partial charge in [0, 0.05) is 0 Å². The van der Waals surface area contributed by atoms with Gasteiger partial charge in [-0.15, -0.1) is 9.24 Å². The Kier molecular flexibility index (Phi) is 3.73. The van der Waals surface area contributed by atoms with E-state index < -0.39 is 0 Å². The molecule has 0 fully saturated rings. The van der Waals surface area contributed by atoms with Crippen LogP contribution >= 0.6 is 9.24 Å². The fourth-order valence-corrected chi connectivity index (χ4v) is 1.64. The molecule has 0 aromatic carbocycles. The quantitative estimate of drug-likeness (QED) is 0.525. The monoisotopic (exact) mass is 146 g/mol. The zero-order valence-corrected chi connectivity index (χ0v) is 8.22. The topological polar surface area (TPSA) is 0 Å². The molecule has 0 saturated heterocycles. The highest BCUT2D eigenvalue weighted by molar-refractivity contribution is 7.17. The van der Waals surface area contributed by atoms with Crippen molar-refractivity contribution in [1.29, 1.82) is 0 Å². The smallest absolute Gasteiger partial charge is 0.0262 e. The van der Waals surface area contributed by atoms with Gasteiger partial charge in [0.05, 0.1) is 0 Å². The highest BCUT2D eigenvalue weighted by atomic mass is 31.0. The second-order valence-electron chi connectivity index (χ2n) is 3.93. The van der Waals surface area contributed by atoms with E-state index in [0.29, 0.717) is 5.41 Å². The van der Waals surface area contributed by atoms with Crippen LogP contribution in [0.5, 0.6) is 0 Å². The molecule has 0 bridgehead atoms. The number of hydrogen-bond donors (Lipinski definition) is 0. The third kappa shape index (κ3) is 6.31. The summed E-state index contributed by atoms with van der Waals surface area (Å²) in [5, 5.41) is 0. The predicted molar refractivity (Wildman–Crippen MR) is 47.9 cm³/mol. The molecule has 0 spiro atoms. The Bertz CT molecular complexity index is 71.1. The van der Waals surface area contributed by atoms with Crippen LogP contribution in [0.2, 0.25) is 0 Å². The first-order chi connectivity index (χ1) is 3.95. The molecule has 0 amide bonds. The molecule has 2 unspecified atom stereocenters. The van der Waals surface area contributed by atoms with Crippen molar-refractivity contribution in [3.8, 4) is 0 Å². The standard InChI is InChI=1S/C8H19P/c1-5-7(9)6-8(2,3)4/h7H,5-6,9H2,1-4H3.